The molecule has 30 heavy (non-hydrogen) atoms. The second-order valence-electron chi connectivity index (χ2n) is 8.07. The molecule has 0 N–H and O–H groups in total. The van der Waals surface area contributed by atoms with Crippen molar-refractivity contribution in [2.75, 3.05) is 11.9 Å². The molecule has 0 saturated carbocycles. The van der Waals surface area contributed by atoms with Crippen LogP contribution in [0.25, 0.3) is 21.5 Å². The Morgan fingerprint density at radius 2 is 1.87 bits per heavy atom. The van der Waals surface area contributed by atoms with Gasteiger partial charge in [-0.3, -0.25) is 14.3 Å². The maximum absolute atomic E-state index is 13.3. The first kappa shape index (κ1) is 20.0. The summed E-state index contributed by atoms with van der Waals surface area (Å²) in [5.74, 6) is -0.228. The number of benzene rings is 1. The van der Waals surface area contributed by atoms with Crippen LogP contribution in [-0.2, 0) is 16.9 Å². The summed E-state index contributed by atoms with van der Waals surface area (Å²) in [4.78, 5) is 28.7. The number of fused-ring (bicyclic) bond motifs is 1. The van der Waals surface area contributed by atoms with E-state index in [0.717, 1.165) is 10.6 Å². The minimum Gasteiger partial charge on any atom is -0.314 e. The monoisotopic (exact) mass is 421 g/mol. The highest BCUT2D eigenvalue weighted by Gasteiger charge is 2.24. The van der Waals surface area contributed by atoms with Gasteiger partial charge in [0.15, 0.2) is 0 Å². The first-order chi connectivity index (χ1) is 14.3. The van der Waals surface area contributed by atoms with Gasteiger partial charge in [-0.05, 0) is 44.4 Å². The van der Waals surface area contributed by atoms with Crippen LogP contribution < -0.4 is 10.5 Å². The van der Waals surface area contributed by atoms with E-state index < -0.39 is 5.54 Å². The molecule has 0 radical (unpaired) electrons. The van der Waals surface area contributed by atoms with Crippen LogP contribution in [0.3, 0.4) is 0 Å². The van der Waals surface area contributed by atoms with E-state index in [0.29, 0.717) is 16.6 Å². The number of amides is 1. The molecular weight excluding hydrogens is 398 g/mol. The lowest BCUT2D eigenvalue weighted by Gasteiger charge is -2.21. The van der Waals surface area contributed by atoms with E-state index in [9.17, 15) is 9.59 Å². The van der Waals surface area contributed by atoms with Crippen LogP contribution in [0.2, 0.25) is 0 Å². The fourth-order valence-corrected chi connectivity index (χ4v) is 4.03. The van der Waals surface area contributed by atoms with Crippen molar-refractivity contribution in [1.82, 2.24) is 19.6 Å². The fourth-order valence-electron chi connectivity index (χ4n) is 3.31. The second-order valence-corrected chi connectivity index (χ2v) is 9.01. The molecule has 3 heterocycles. The van der Waals surface area contributed by atoms with Crippen molar-refractivity contribution in [2.45, 2.75) is 32.9 Å². The number of thiophene rings is 1. The molecule has 0 aliphatic carbocycles. The number of carbonyl (C=O) groups excluding carboxylic acids is 1. The van der Waals surface area contributed by atoms with Crippen LogP contribution in [-0.4, -0.2) is 32.5 Å². The van der Waals surface area contributed by atoms with Gasteiger partial charge in [0.1, 0.15) is 17.8 Å². The molecule has 4 rings (SSSR count). The lowest BCUT2D eigenvalue weighted by molar-refractivity contribution is -0.119. The largest absolute Gasteiger partial charge is 0.314 e. The summed E-state index contributed by atoms with van der Waals surface area (Å²) in [5, 5.41) is 11.7. The van der Waals surface area contributed by atoms with Crippen LogP contribution in [0, 0.1) is 0 Å². The second kappa shape index (κ2) is 7.53. The summed E-state index contributed by atoms with van der Waals surface area (Å²) < 4.78 is 2.97. The molecular formula is C22H23N5O2S. The van der Waals surface area contributed by atoms with E-state index in [2.05, 4.69) is 10.2 Å². The maximum Gasteiger partial charge on any atom is 0.293 e. The smallest absolute Gasteiger partial charge is 0.293 e. The summed E-state index contributed by atoms with van der Waals surface area (Å²) in [6.45, 7) is 5.81. The van der Waals surface area contributed by atoms with E-state index in [1.807, 2.05) is 68.6 Å². The zero-order chi connectivity index (χ0) is 21.5. The molecule has 0 spiro atoms. The minimum absolute atomic E-state index is 0.159. The average molecular weight is 422 g/mol. The third-order valence-electron chi connectivity index (χ3n) is 4.87. The van der Waals surface area contributed by atoms with Crippen LogP contribution in [0.4, 0.5) is 5.69 Å². The van der Waals surface area contributed by atoms with Gasteiger partial charge in [-0.2, -0.15) is 10.2 Å². The molecule has 8 heteroatoms. The maximum atomic E-state index is 13.3. The Hall–Kier alpha value is -3.26. The van der Waals surface area contributed by atoms with Crippen molar-refractivity contribution < 1.29 is 4.79 Å². The van der Waals surface area contributed by atoms with Gasteiger partial charge in [-0.15, -0.1) is 11.3 Å². The normalized spacial score (nSPS) is 11.7. The SMILES string of the molecule is CN(C(=O)Cn1nc(-c2cccs2)c2cnn(C(C)(C)C)c2c1=O)c1ccccc1. The first-order valence-electron chi connectivity index (χ1n) is 9.62. The Morgan fingerprint density at radius 1 is 1.13 bits per heavy atom. The number of carbonyl (C=O) groups is 1. The molecule has 0 atom stereocenters. The summed E-state index contributed by atoms with van der Waals surface area (Å²) in [7, 11) is 1.70. The lowest BCUT2D eigenvalue weighted by atomic mass is 10.1. The van der Waals surface area contributed by atoms with E-state index in [4.69, 9.17) is 0 Å². The summed E-state index contributed by atoms with van der Waals surface area (Å²) in [5.41, 5.74) is 1.15. The Kier molecular flexibility index (Phi) is 5.03. The molecule has 4 aromatic rings. The number of hydrogen-bond donors (Lipinski definition) is 0. The standard InChI is InChI=1S/C22H23N5O2S/c1-22(2,3)27-20-16(13-23-27)19(17-11-8-12-30-17)24-26(21(20)29)14-18(28)25(4)15-9-6-5-7-10-15/h5-13H,14H2,1-4H3. The summed E-state index contributed by atoms with van der Waals surface area (Å²) in [6, 6.07) is 13.2. The van der Waals surface area contributed by atoms with Crippen LogP contribution in [0.5, 0.6) is 0 Å². The Labute approximate surface area is 178 Å². The number of nitrogens with zero attached hydrogens (tertiary/aromatic N) is 5. The quantitative estimate of drug-likeness (QED) is 0.503. The lowest BCUT2D eigenvalue weighted by Crippen LogP contribution is -2.36. The van der Waals surface area contributed by atoms with E-state index in [-0.39, 0.29) is 18.0 Å². The van der Waals surface area contributed by atoms with E-state index in [1.165, 1.54) is 20.9 Å². The molecule has 0 saturated heterocycles. The molecule has 0 fully saturated rings. The van der Waals surface area contributed by atoms with Crippen molar-refractivity contribution in [2.24, 2.45) is 0 Å². The van der Waals surface area contributed by atoms with Gasteiger partial charge < -0.3 is 4.90 Å². The molecule has 1 aromatic carbocycles. The Morgan fingerprint density at radius 3 is 2.50 bits per heavy atom. The van der Waals surface area contributed by atoms with Gasteiger partial charge in [-0.25, -0.2) is 4.68 Å². The van der Waals surface area contributed by atoms with Gasteiger partial charge in [0.25, 0.3) is 5.56 Å². The third kappa shape index (κ3) is 3.54. The summed E-state index contributed by atoms with van der Waals surface area (Å²) >= 11 is 1.53. The van der Waals surface area contributed by atoms with Gasteiger partial charge in [0, 0.05) is 12.7 Å². The highest BCUT2D eigenvalue weighted by atomic mass is 32.1. The topological polar surface area (TPSA) is 73.0 Å². The van der Waals surface area contributed by atoms with Gasteiger partial charge in [0.2, 0.25) is 5.91 Å². The molecule has 0 bridgehead atoms. The predicted molar refractivity (Wildman–Crippen MR) is 120 cm³/mol. The van der Waals surface area contributed by atoms with Crippen molar-refractivity contribution in [3.05, 3.63) is 64.4 Å². The molecule has 0 aliphatic heterocycles. The van der Waals surface area contributed by atoms with Crippen molar-refractivity contribution in [1.29, 1.82) is 0 Å². The van der Waals surface area contributed by atoms with Crippen molar-refractivity contribution in [3.63, 3.8) is 0 Å². The Balaban J connectivity index is 1.85. The average Bonchev–Trinajstić information content (AvgIpc) is 3.40. The van der Waals surface area contributed by atoms with Gasteiger partial charge >= 0.3 is 0 Å². The molecule has 3 aromatic heterocycles. The molecule has 154 valence electrons. The number of anilines is 1. The van der Waals surface area contributed by atoms with Gasteiger partial charge in [-0.1, -0.05) is 24.3 Å². The predicted octanol–water partition coefficient (Wildman–Crippen LogP) is 3.74. The number of aromatic nitrogens is 4. The van der Waals surface area contributed by atoms with Crippen LogP contribution in [0.15, 0.2) is 58.8 Å². The van der Waals surface area contributed by atoms with Crippen molar-refractivity contribution in [3.8, 4) is 10.6 Å². The third-order valence-corrected chi connectivity index (χ3v) is 5.75. The molecule has 1 amide bonds. The molecule has 7 nitrogen and oxygen atoms in total. The number of rotatable bonds is 4. The van der Waals surface area contributed by atoms with Crippen LogP contribution >= 0.6 is 11.3 Å². The Bertz CT molecular complexity index is 1250. The fraction of sp³-hybridized carbons (Fsp3) is 0.273. The van der Waals surface area contributed by atoms with Gasteiger partial charge in [0.05, 0.1) is 22.0 Å². The molecule has 0 unspecified atom stereocenters. The van der Waals surface area contributed by atoms with E-state index >= 15 is 0 Å². The number of para-hydroxylation sites is 1. The zero-order valence-electron chi connectivity index (χ0n) is 17.4. The van der Waals surface area contributed by atoms with Crippen molar-refractivity contribution >= 4 is 33.8 Å². The first-order valence-corrected chi connectivity index (χ1v) is 10.5. The van der Waals surface area contributed by atoms with E-state index in [1.54, 1.807) is 17.9 Å². The highest BCUT2D eigenvalue weighted by molar-refractivity contribution is 7.13. The number of hydrogen-bond acceptors (Lipinski definition) is 5. The zero-order valence-corrected chi connectivity index (χ0v) is 18.2. The van der Waals surface area contributed by atoms with Crippen LogP contribution in [0.1, 0.15) is 20.8 Å². The summed E-state index contributed by atoms with van der Waals surface area (Å²) in [6.07, 6.45) is 1.69. The molecule has 0 aliphatic rings. The minimum atomic E-state index is -0.391. The highest BCUT2D eigenvalue weighted by Crippen LogP contribution is 2.30. The number of likely N-dealkylation sites (N-methyl/N-ethyl adjacent to an activating group) is 1.